The number of aliphatic hydroxyl groups excluding tert-OH is 1. The van der Waals surface area contributed by atoms with Crippen LogP contribution in [-0.4, -0.2) is 46.6 Å². The number of carbonyl (C=O) groups excluding carboxylic acids is 2. The largest absolute Gasteiger partial charge is 0.387 e. The van der Waals surface area contributed by atoms with Crippen molar-refractivity contribution in [2.75, 3.05) is 13.2 Å². The number of nitrogens with two attached hydrogens (primary N) is 1. The van der Waals surface area contributed by atoms with E-state index in [0.717, 1.165) is 43.4 Å². The molecule has 0 aromatic heterocycles. The van der Waals surface area contributed by atoms with Crippen molar-refractivity contribution in [3.63, 3.8) is 0 Å². The number of carbonyl (C=O) groups is 2. The number of nitrogens with zero attached hydrogens (tertiary/aromatic N) is 1. The Morgan fingerprint density at radius 2 is 1.91 bits per heavy atom. The van der Waals surface area contributed by atoms with Gasteiger partial charge in [0, 0.05) is 29.3 Å². The van der Waals surface area contributed by atoms with Gasteiger partial charge in [0.1, 0.15) is 18.2 Å². The van der Waals surface area contributed by atoms with Gasteiger partial charge in [0.15, 0.2) is 0 Å². The highest BCUT2D eigenvalue weighted by Gasteiger charge is 2.45. The van der Waals surface area contributed by atoms with Crippen LogP contribution in [0, 0.1) is 11.6 Å². The number of benzene rings is 2. The number of rotatable bonds is 8. The minimum Gasteiger partial charge on any atom is -0.387 e. The van der Waals surface area contributed by atoms with E-state index < -0.39 is 30.1 Å². The molecule has 0 aliphatic carbocycles. The first-order valence-corrected chi connectivity index (χ1v) is 11.3. The maximum atomic E-state index is 14.2. The van der Waals surface area contributed by atoms with E-state index in [1.807, 2.05) is 18.2 Å². The third-order valence-corrected chi connectivity index (χ3v) is 7.09. The molecular formula is C25H29F2N3O3. The minimum atomic E-state index is -0.721. The average Bonchev–Trinajstić information content (AvgIpc) is 3.11. The van der Waals surface area contributed by atoms with Gasteiger partial charge in [-0.25, -0.2) is 8.78 Å². The van der Waals surface area contributed by atoms with Crippen molar-refractivity contribution in [1.29, 1.82) is 0 Å². The van der Waals surface area contributed by atoms with Crippen LogP contribution in [0.3, 0.4) is 0 Å². The van der Waals surface area contributed by atoms with Crippen molar-refractivity contribution in [3.05, 3.63) is 70.8 Å². The van der Waals surface area contributed by atoms with Gasteiger partial charge in [-0.2, -0.15) is 0 Å². The van der Waals surface area contributed by atoms with Crippen LogP contribution >= 0.6 is 0 Å². The number of fused-ring (bicyclic) bond motifs is 2. The molecule has 3 atom stereocenters. The Kier molecular flexibility index (Phi) is 6.76. The second-order valence-corrected chi connectivity index (χ2v) is 9.21. The van der Waals surface area contributed by atoms with Gasteiger partial charge in [-0.1, -0.05) is 18.2 Å². The van der Waals surface area contributed by atoms with Gasteiger partial charge < -0.3 is 21.1 Å². The lowest BCUT2D eigenvalue weighted by molar-refractivity contribution is -0.135. The Labute approximate surface area is 191 Å². The van der Waals surface area contributed by atoms with Crippen LogP contribution in [0.1, 0.15) is 59.5 Å². The van der Waals surface area contributed by atoms with Crippen LogP contribution in [0.5, 0.6) is 0 Å². The molecule has 2 heterocycles. The molecular weight excluding hydrogens is 428 g/mol. The van der Waals surface area contributed by atoms with E-state index >= 15 is 0 Å². The van der Waals surface area contributed by atoms with Gasteiger partial charge in [0.25, 0.3) is 0 Å². The van der Waals surface area contributed by atoms with Crippen molar-refractivity contribution < 1.29 is 23.5 Å². The first-order valence-electron chi connectivity index (χ1n) is 11.3. The average molecular weight is 458 g/mol. The molecule has 0 saturated carbocycles. The zero-order valence-corrected chi connectivity index (χ0v) is 18.4. The van der Waals surface area contributed by atoms with Crippen LogP contribution in [0.4, 0.5) is 8.78 Å². The van der Waals surface area contributed by atoms with Crippen LogP contribution in [0.2, 0.25) is 0 Å². The second-order valence-electron chi connectivity index (χ2n) is 9.21. The number of piperidine rings is 1. The van der Waals surface area contributed by atoms with Crippen LogP contribution in [0.15, 0.2) is 42.5 Å². The van der Waals surface area contributed by atoms with E-state index in [9.17, 15) is 23.5 Å². The van der Waals surface area contributed by atoms with Gasteiger partial charge in [-0.05, 0) is 67.9 Å². The number of nitrogens with one attached hydrogen (secondary N) is 1. The molecule has 6 nitrogen and oxygen atoms in total. The summed E-state index contributed by atoms with van der Waals surface area (Å²) in [6, 6.07) is 11.3. The molecule has 2 aromatic rings. The summed E-state index contributed by atoms with van der Waals surface area (Å²) in [4.78, 5) is 25.3. The predicted octanol–water partition coefficient (Wildman–Crippen LogP) is 2.84. The number of hydrogen-bond acceptors (Lipinski definition) is 4. The Morgan fingerprint density at radius 1 is 1.18 bits per heavy atom. The number of aliphatic hydroxyl groups is 1. The summed E-state index contributed by atoms with van der Waals surface area (Å²) in [7, 11) is 0. The Morgan fingerprint density at radius 3 is 2.61 bits per heavy atom. The van der Waals surface area contributed by atoms with E-state index in [1.54, 1.807) is 6.07 Å². The van der Waals surface area contributed by atoms with Gasteiger partial charge in [0.2, 0.25) is 11.8 Å². The molecule has 2 aliphatic rings. The molecule has 8 heteroatoms. The molecule has 2 aromatic carbocycles. The number of hydrogen-bond donors (Lipinski definition) is 3. The lowest BCUT2D eigenvalue weighted by atomic mass is 9.77. The van der Waals surface area contributed by atoms with E-state index in [1.165, 1.54) is 11.0 Å². The van der Waals surface area contributed by atoms with Crippen molar-refractivity contribution in [2.45, 2.75) is 56.1 Å². The fourth-order valence-corrected chi connectivity index (χ4v) is 5.38. The molecule has 176 valence electrons. The third kappa shape index (κ3) is 5.07. The predicted molar refractivity (Wildman–Crippen MR) is 119 cm³/mol. The van der Waals surface area contributed by atoms with E-state index in [0.29, 0.717) is 18.0 Å². The number of primary amides is 1. The monoisotopic (exact) mass is 457 g/mol. The van der Waals surface area contributed by atoms with Gasteiger partial charge >= 0.3 is 0 Å². The Balaban J connectivity index is 1.50. The highest BCUT2D eigenvalue weighted by molar-refractivity contribution is 5.92. The maximum absolute atomic E-state index is 14.2. The molecule has 2 amide bonds. The van der Waals surface area contributed by atoms with Crippen LogP contribution in [0.25, 0.3) is 0 Å². The van der Waals surface area contributed by atoms with Crippen molar-refractivity contribution in [2.24, 2.45) is 5.73 Å². The fraction of sp³-hybridized carbons (Fsp3) is 0.440. The zero-order chi connectivity index (χ0) is 23.6. The zero-order valence-electron chi connectivity index (χ0n) is 18.4. The number of amides is 2. The molecule has 2 unspecified atom stereocenters. The summed E-state index contributed by atoms with van der Waals surface area (Å²) < 4.78 is 28.3. The summed E-state index contributed by atoms with van der Waals surface area (Å²) in [5, 5.41) is 13.1. The SMILES string of the molecule is NC(=O)c1cccc(C2CC3CC[C@@](CCN(Cc4c(F)cccc4F)C(=O)CO)(C2)N3)c1. The summed E-state index contributed by atoms with van der Waals surface area (Å²) in [5.41, 5.74) is 6.60. The van der Waals surface area contributed by atoms with Gasteiger partial charge in [-0.3, -0.25) is 9.59 Å². The molecule has 2 aliphatic heterocycles. The van der Waals surface area contributed by atoms with Crippen molar-refractivity contribution in [1.82, 2.24) is 10.2 Å². The third-order valence-electron chi connectivity index (χ3n) is 7.09. The van der Waals surface area contributed by atoms with Crippen molar-refractivity contribution >= 4 is 11.8 Å². The summed E-state index contributed by atoms with van der Waals surface area (Å²) in [6.45, 7) is -0.690. The fourth-order valence-electron chi connectivity index (χ4n) is 5.38. The Bertz CT molecular complexity index is 1030. The van der Waals surface area contributed by atoms with Crippen molar-refractivity contribution in [3.8, 4) is 0 Å². The van der Waals surface area contributed by atoms with Gasteiger partial charge in [-0.15, -0.1) is 0 Å². The molecule has 2 fully saturated rings. The molecule has 2 bridgehead atoms. The molecule has 2 saturated heterocycles. The first-order chi connectivity index (χ1) is 15.8. The standard InChI is InChI=1S/C25H29F2N3O3/c26-21-5-2-6-22(27)20(21)14-30(23(32)15-31)10-9-25-8-7-19(29-25)12-18(13-25)16-3-1-4-17(11-16)24(28)33/h1-6,11,18-19,29,31H,7-10,12-15H2,(H2,28,33)/t18?,19?,25-/m1/s1. The smallest absolute Gasteiger partial charge is 0.248 e. The second kappa shape index (κ2) is 9.57. The molecule has 33 heavy (non-hydrogen) atoms. The maximum Gasteiger partial charge on any atom is 0.248 e. The highest BCUT2D eigenvalue weighted by Crippen LogP contribution is 2.45. The summed E-state index contributed by atoms with van der Waals surface area (Å²) in [5.74, 6) is -2.21. The highest BCUT2D eigenvalue weighted by atomic mass is 19.1. The normalized spacial score (nSPS) is 24.0. The van der Waals surface area contributed by atoms with E-state index in [4.69, 9.17) is 5.73 Å². The topological polar surface area (TPSA) is 95.7 Å². The van der Waals surface area contributed by atoms with E-state index in [2.05, 4.69) is 5.32 Å². The minimum absolute atomic E-state index is 0.182. The van der Waals surface area contributed by atoms with Crippen LogP contribution in [-0.2, 0) is 11.3 Å². The first kappa shape index (κ1) is 23.3. The molecule has 4 rings (SSSR count). The lowest BCUT2D eigenvalue weighted by Crippen LogP contribution is -2.51. The molecule has 4 N–H and O–H groups in total. The lowest BCUT2D eigenvalue weighted by Gasteiger charge is -2.41. The summed E-state index contributed by atoms with van der Waals surface area (Å²) in [6.07, 6.45) is 4.29. The molecule has 0 spiro atoms. The quantitative estimate of drug-likeness (QED) is 0.568. The summed E-state index contributed by atoms with van der Waals surface area (Å²) >= 11 is 0. The van der Waals surface area contributed by atoms with Crippen LogP contribution < -0.4 is 11.1 Å². The van der Waals surface area contributed by atoms with Gasteiger partial charge in [0.05, 0.1) is 6.54 Å². The van der Waals surface area contributed by atoms with E-state index in [-0.39, 0.29) is 30.1 Å². The Hall–Kier alpha value is -2.84. The molecule has 0 radical (unpaired) electrons. The number of halogens is 2.